The average Bonchev–Trinajstić information content (AvgIpc) is 3.41. The molecule has 1 aromatic heterocycles. The number of para-hydroxylation sites is 1. The summed E-state index contributed by atoms with van der Waals surface area (Å²) in [6.45, 7) is 2.28. The topological polar surface area (TPSA) is 74.0 Å². The van der Waals surface area contributed by atoms with Crippen LogP contribution in [0.1, 0.15) is 71.0 Å². The van der Waals surface area contributed by atoms with Gasteiger partial charge >= 0.3 is 0 Å². The highest BCUT2D eigenvalue weighted by molar-refractivity contribution is 6.10. The van der Waals surface area contributed by atoms with Crippen molar-refractivity contribution in [1.29, 1.82) is 0 Å². The number of fused-ring (bicyclic) bond motifs is 3. The summed E-state index contributed by atoms with van der Waals surface area (Å²) in [5.74, 6) is 0.350. The lowest BCUT2D eigenvalue weighted by atomic mass is 9.87. The van der Waals surface area contributed by atoms with E-state index in [0.717, 1.165) is 49.4 Å². The molecule has 0 aliphatic heterocycles. The summed E-state index contributed by atoms with van der Waals surface area (Å²) in [5, 5.41) is 7.22. The van der Waals surface area contributed by atoms with Crippen LogP contribution in [-0.2, 0) is 12.8 Å². The minimum atomic E-state index is -0.193. The van der Waals surface area contributed by atoms with Gasteiger partial charge in [0.15, 0.2) is 0 Å². The van der Waals surface area contributed by atoms with E-state index in [9.17, 15) is 9.59 Å². The number of hydrogen-bond acceptors (Lipinski definition) is 2. The summed E-state index contributed by atoms with van der Waals surface area (Å²) in [4.78, 5) is 29.4. The van der Waals surface area contributed by atoms with Crippen molar-refractivity contribution in [3.63, 3.8) is 0 Å². The number of amides is 2. The predicted octanol–water partition coefficient (Wildman–Crippen LogP) is 5.22. The zero-order valence-electron chi connectivity index (χ0n) is 18.0. The summed E-state index contributed by atoms with van der Waals surface area (Å²) in [6.07, 6.45) is 7.69. The lowest BCUT2D eigenvalue weighted by Gasteiger charge is -2.18. The number of rotatable bonds is 4. The van der Waals surface area contributed by atoms with Crippen LogP contribution in [0.4, 0.5) is 5.69 Å². The lowest BCUT2D eigenvalue weighted by Crippen LogP contribution is -2.33. The van der Waals surface area contributed by atoms with Gasteiger partial charge in [0.25, 0.3) is 11.8 Å². The fraction of sp³-hybridized carbons (Fsp3) is 0.385. The molecule has 2 aromatic carbocycles. The van der Waals surface area contributed by atoms with Crippen LogP contribution in [0.5, 0.6) is 0 Å². The number of anilines is 1. The van der Waals surface area contributed by atoms with Crippen molar-refractivity contribution in [3.05, 3.63) is 64.8 Å². The normalized spacial score (nSPS) is 18.7. The van der Waals surface area contributed by atoms with Crippen LogP contribution in [0.2, 0.25) is 0 Å². The van der Waals surface area contributed by atoms with Gasteiger partial charge < -0.3 is 15.6 Å². The van der Waals surface area contributed by atoms with Crippen LogP contribution < -0.4 is 10.6 Å². The van der Waals surface area contributed by atoms with E-state index in [2.05, 4.69) is 22.5 Å². The molecule has 5 heteroatoms. The molecule has 3 aromatic rings. The third kappa shape index (κ3) is 3.97. The van der Waals surface area contributed by atoms with E-state index in [1.807, 2.05) is 30.3 Å². The van der Waals surface area contributed by atoms with Crippen LogP contribution >= 0.6 is 0 Å². The van der Waals surface area contributed by atoms with Gasteiger partial charge in [-0.15, -0.1) is 0 Å². The number of H-pyrrole nitrogens is 1. The van der Waals surface area contributed by atoms with Crippen molar-refractivity contribution in [3.8, 4) is 0 Å². The van der Waals surface area contributed by atoms with Gasteiger partial charge in [0.05, 0.1) is 11.3 Å². The highest BCUT2D eigenvalue weighted by atomic mass is 16.2. The van der Waals surface area contributed by atoms with E-state index in [1.54, 1.807) is 12.1 Å². The van der Waals surface area contributed by atoms with Crippen molar-refractivity contribution in [1.82, 2.24) is 10.3 Å². The second kappa shape index (κ2) is 8.22. The molecule has 2 aliphatic rings. The molecule has 5 nitrogen and oxygen atoms in total. The molecule has 0 radical (unpaired) electrons. The standard InChI is InChI=1S/C26H29N3O2/c1-16-10-12-23-20(14-16)21-15-17(11-13-24(21)28-23)25(30)29-22-9-5-4-8-19(22)26(31)27-18-6-2-3-7-18/h4-5,8-9,11,13,15-16,18,28H,2-3,6-7,10,12,14H2,1H3,(H,27,31)(H,29,30)/t16-/m1/s1. The minimum absolute atomic E-state index is 0.119. The molecule has 0 saturated heterocycles. The van der Waals surface area contributed by atoms with Gasteiger partial charge in [0.1, 0.15) is 0 Å². The Morgan fingerprint density at radius 3 is 2.65 bits per heavy atom. The van der Waals surface area contributed by atoms with Gasteiger partial charge in [0, 0.05) is 28.2 Å². The van der Waals surface area contributed by atoms with E-state index in [1.165, 1.54) is 17.7 Å². The first kappa shape index (κ1) is 19.9. The number of aromatic nitrogens is 1. The third-order valence-corrected chi connectivity index (χ3v) is 6.81. The van der Waals surface area contributed by atoms with E-state index in [-0.39, 0.29) is 17.9 Å². The fourth-order valence-corrected chi connectivity index (χ4v) is 5.05. The Bertz CT molecular complexity index is 1140. The van der Waals surface area contributed by atoms with Crippen LogP contribution in [0.25, 0.3) is 10.9 Å². The van der Waals surface area contributed by atoms with Gasteiger partial charge in [-0.25, -0.2) is 0 Å². The van der Waals surface area contributed by atoms with E-state index in [0.29, 0.717) is 22.7 Å². The van der Waals surface area contributed by atoms with Gasteiger partial charge in [-0.1, -0.05) is 31.9 Å². The molecule has 1 fully saturated rings. The molecule has 1 heterocycles. The highest BCUT2D eigenvalue weighted by Gasteiger charge is 2.22. The predicted molar refractivity (Wildman–Crippen MR) is 124 cm³/mol. The molecular formula is C26H29N3O2. The minimum Gasteiger partial charge on any atom is -0.358 e. The van der Waals surface area contributed by atoms with Crippen molar-refractivity contribution in [2.24, 2.45) is 5.92 Å². The molecule has 0 unspecified atom stereocenters. The van der Waals surface area contributed by atoms with Crippen molar-refractivity contribution in [2.75, 3.05) is 5.32 Å². The number of carbonyl (C=O) groups is 2. The number of carbonyl (C=O) groups excluding carboxylic acids is 2. The van der Waals surface area contributed by atoms with Gasteiger partial charge in [-0.3, -0.25) is 9.59 Å². The lowest BCUT2D eigenvalue weighted by molar-refractivity contribution is 0.0938. The second-order valence-electron chi connectivity index (χ2n) is 9.14. The zero-order valence-corrected chi connectivity index (χ0v) is 18.0. The maximum absolute atomic E-state index is 13.1. The number of aryl methyl sites for hydroxylation is 1. The SMILES string of the molecule is C[C@@H]1CCc2[nH]c3ccc(C(=O)Nc4ccccc4C(=O)NC4CCCC4)cc3c2C1. The number of nitrogens with one attached hydrogen (secondary N) is 3. The largest absolute Gasteiger partial charge is 0.358 e. The molecule has 0 spiro atoms. The smallest absolute Gasteiger partial charge is 0.255 e. The fourth-order valence-electron chi connectivity index (χ4n) is 5.05. The highest BCUT2D eigenvalue weighted by Crippen LogP contribution is 2.32. The molecule has 2 aliphatic carbocycles. The molecule has 1 saturated carbocycles. The van der Waals surface area contributed by atoms with Crippen LogP contribution in [0.3, 0.4) is 0 Å². The Morgan fingerprint density at radius 2 is 1.81 bits per heavy atom. The van der Waals surface area contributed by atoms with Gasteiger partial charge in [-0.05, 0) is 73.9 Å². The molecule has 3 N–H and O–H groups in total. The maximum atomic E-state index is 13.1. The second-order valence-corrected chi connectivity index (χ2v) is 9.14. The average molecular weight is 416 g/mol. The summed E-state index contributed by atoms with van der Waals surface area (Å²) >= 11 is 0. The summed E-state index contributed by atoms with van der Waals surface area (Å²) in [7, 11) is 0. The van der Waals surface area contributed by atoms with Gasteiger partial charge in [0.2, 0.25) is 0 Å². The number of benzene rings is 2. The molecule has 0 bridgehead atoms. The summed E-state index contributed by atoms with van der Waals surface area (Å²) < 4.78 is 0. The Hall–Kier alpha value is -3.08. The molecular weight excluding hydrogens is 386 g/mol. The molecule has 2 amide bonds. The Morgan fingerprint density at radius 1 is 1.00 bits per heavy atom. The number of hydrogen-bond donors (Lipinski definition) is 3. The summed E-state index contributed by atoms with van der Waals surface area (Å²) in [5.41, 5.74) is 5.41. The maximum Gasteiger partial charge on any atom is 0.255 e. The Kier molecular flexibility index (Phi) is 5.26. The van der Waals surface area contributed by atoms with E-state index >= 15 is 0 Å². The molecule has 160 valence electrons. The van der Waals surface area contributed by atoms with E-state index in [4.69, 9.17) is 0 Å². The monoisotopic (exact) mass is 415 g/mol. The first-order chi connectivity index (χ1) is 15.1. The van der Waals surface area contributed by atoms with E-state index < -0.39 is 0 Å². The third-order valence-electron chi connectivity index (χ3n) is 6.81. The van der Waals surface area contributed by atoms with Crippen LogP contribution in [-0.4, -0.2) is 22.8 Å². The molecule has 5 rings (SSSR count). The first-order valence-electron chi connectivity index (χ1n) is 11.4. The first-order valence-corrected chi connectivity index (χ1v) is 11.4. The van der Waals surface area contributed by atoms with Crippen molar-refractivity contribution in [2.45, 2.75) is 57.9 Å². The van der Waals surface area contributed by atoms with Crippen molar-refractivity contribution < 1.29 is 9.59 Å². The zero-order chi connectivity index (χ0) is 21.4. The molecule has 1 atom stereocenters. The van der Waals surface area contributed by atoms with Gasteiger partial charge in [-0.2, -0.15) is 0 Å². The quantitative estimate of drug-likeness (QED) is 0.547. The summed E-state index contributed by atoms with van der Waals surface area (Å²) in [6, 6.07) is 13.3. The number of aromatic amines is 1. The Balaban J connectivity index is 1.38. The molecule has 31 heavy (non-hydrogen) atoms. The van der Waals surface area contributed by atoms with Crippen LogP contribution in [0, 0.1) is 5.92 Å². The Labute approximate surface area is 182 Å². The van der Waals surface area contributed by atoms with Crippen molar-refractivity contribution >= 4 is 28.4 Å². The van der Waals surface area contributed by atoms with Crippen LogP contribution in [0.15, 0.2) is 42.5 Å².